The Hall–Kier alpha value is -1.42. The van der Waals surface area contributed by atoms with Gasteiger partial charge in [-0.15, -0.1) is 0 Å². The highest BCUT2D eigenvalue weighted by Crippen LogP contribution is 2.24. The average Bonchev–Trinajstić information content (AvgIpc) is 2.99. The van der Waals surface area contributed by atoms with Gasteiger partial charge in [-0.2, -0.15) is 0 Å². The van der Waals surface area contributed by atoms with Gasteiger partial charge in [-0.05, 0) is 31.2 Å². The first-order valence-electron chi connectivity index (χ1n) is 7.78. The summed E-state index contributed by atoms with van der Waals surface area (Å²) in [6, 6.07) is 10.6. The lowest BCUT2D eigenvalue weighted by Crippen LogP contribution is -2.43. The summed E-state index contributed by atoms with van der Waals surface area (Å²) in [5.74, 6) is 0.200. The molecule has 0 atom stereocenters. The molecule has 3 nitrogen and oxygen atoms in total. The summed E-state index contributed by atoms with van der Waals surface area (Å²) in [7, 11) is 0. The first-order valence-corrected chi connectivity index (χ1v) is 8.19. The number of aryl methyl sites for hydroxylation is 1. The van der Waals surface area contributed by atoms with Crippen LogP contribution in [0.15, 0.2) is 30.3 Å². The van der Waals surface area contributed by atoms with E-state index in [9.17, 15) is 4.79 Å². The van der Waals surface area contributed by atoms with Gasteiger partial charge in [-0.3, -0.25) is 4.79 Å². The van der Waals surface area contributed by atoms with Crippen molar-refractivity contribution < 1.29 is 4.79 Å². The van der Waals surface area contributed by atoms with Crippen LogP contribution in [0.25, 0.3) is 0 Å². The fourth-order valence-electron chi connectivity index (χ4n) is 3.04. The molecule has 0 unspecified atom stereocenters. The van der Waals surface area contributed by atoms with Gasteiger partial charge in [0, 0.05) is 12.5 Å². The number of rotatable bonds is 7. The molecule has 1 aliphatic rings. The number of hydrogen-bond acceptors (Lipinski definition) is 2. The highest BCUT2D eigenvalue weighted by Gasteiger charge is 2.26. The average molecular weight is 304 g/mol. The summed E-state index contributed by atoms with van der Waals surface area (Å²) in [5.41, 5.74) is 6.94. The van der Waals surface area contributed by atoms with Crippen LogP contribution in [-0.2, 0) is 11.2 Å². The standard InChI is InChI=1S/C17H24N2OS/c18-16(21)13-19(15-10-4-5-11-15)17(20)12-6-9-14-7-2-1-3-8-14/h1-3,7-8,15H,4-6,9-13H2,(H2,18,21). The lowest BCUT2D eigenvalue weighted by Gasteiger charge is -2.28. The molecule has 1 aromatic rings. The van der Waals surface area contributed by atoms with Crippen molar-refractivity contribution in [2.75, 3.05) is 6.54 Å². The lowest BCUT2D eigenvalue weighted by molar-refractivity contribution is -0.132. The minimum Gasteiger partial charge on any atom is -0.392 e. The summed E-state index contributed by atoms with van der Waals surface area (Å²) in [6.07, 6.45) is 6.99. The molecule has 1 aromatic carbocycles. The first kappa shape index (κ1) is 16.0. The second kappa shape index (κ2) is 8.13. The number of carbonyl (C=O) groups excluding carboxylic acids is 1. The monoisotopic (exact) mass is 304 g/mol. The molecule has 114 valence electrons. The maximum absolute atomic E-state index is 12.5. The zero-order valence-electron chi connectivity index (χ0n) is 12.5. The fourth-order valence-corrected chi connectivity index (χ4v) is 3.18. The molecule has 0 bridgehead atoms. The number of amides is 1. The zero-order valence-corrected chi connectivity index (χ0v) is 13.3. The fraction of sp³-hybridized carbons (Fsp3) is 0.529. The Morgan fingerprint density at radius 3 is 2.52 bits per heavy atom. The van der Waals surface area contributed by atoms with Crippen LogP contribution in [0.2, 0.25) is 0 Å². The number of carbonyl (C=O) groups is 1. The van der Waals surface area contributed by atoms with Gasteiger partial charge in [0.1, 0.15) is 0 Å². The van der Waals surface area contributed by atoms with Gasteiger partial charge in [-0.1, -0.05) is 55.4 Å². The Kier molecular flexibility index (Phi) is 6.18. The second-order valence-electron chi connectivity index (χ2n) is 5.77. The van der Waals surface area contributed by atoms with Crippen LogP contribution in [0.4, 0.5) is 0 Å². The molecule has 0 radical (unpaired) electrons. The van der Waals surface area contributed by atoms with Gasteiger partial charge in [0.2, 0.25) is 5.91 Å². The Morgan fingerprint density at radius 1 is 1.24 bits per heavy atom. The second-order valence-corrected chi connectivity index (χ2v) is 6.29. The third-order valence-corrected chi connectivity index (χ3v) is 4.24. The Balaban J connectivity index is 1.84. The van der Waals surface area contributed by atoms with Crippen molar-refractivity contribution >= 4 is 23.1 Å². The smallest absolute Gasteiger partial charge is 0.223 e. The van der Waals surface area contributed by atoms with Crippen molar-refractivity contribution in [3.05, 3.63) is 35.9 Å². The van der Waals surface area contributed by atoms with Crippen molar-refractivity contribution in [1.29, 1.82) is 0 Å². The Morgan fingerprint density at radius 2 is 1.90 bits per heavy atom. The van der Waals surface area contributed by atoms with Crippen LogP contribution in [-0.4, -0.2) is 28.4 Å². The van der Waals surface area contributed by atoms with Crippen molar-refractivity contribution in [3.63, 3.8) is 0 Å². The van der Waals surface area contributed by atoms with Crippen molar-refractivity contribution in [2.45, 2.75) is 51.0 Å². The van der Waals surface area contributed by atoms with Gasteiger partial charge in [-0.25, -0.2) is 0 Å². The topological polar surface area (TPSA) is 46.3 Å². The molecule has 0 spiro atoms. The summed E-state index contributed by atoms with van der Waals surface area (Å²) in [4.78, 5) is 14.8. The molecule has 21 heavy (non-hydrogen) atoms. The third kappa shape index (κ3) is 5.12. The van der Waals surface area contributed by atoms with Gasteiger partial charge >= 0.3 is 0 Å². The minimum atomic E-state index is 0.200. The van der Waals surface area contributed by atoms with Crippen LogP contribution in [0, 0.1) is 0 Å². The van der Waals surface area contributed by atoms with Crippen LogP contribution in [0.3, 0.4) is 0 Å². The molecule has 1 aliphatic carbocycles. The van der Waals surface area contributed by atoms with Gasteiger partial charge in [0.25, 0.3) is 0 Å². The Bertz CT molecular complexity index is 469. The minimum absolute atomic E-state index is 0.200. The predicted octanol–water partition coefficient (Wildman–Crippen LogP) is 3.07. The summed E-state index contributed by atoms with van der Waals surface area (Å²) in [6.45, 7) is 0.435. The number of hydrogen-bond donors (Lipinski definition) is 1. The summed E-state index contributed by atoms with van der Waals surface area (Å²) in [5, 5.41) is 0. The molecule has 0 saturated heterocycles. The molecule has 1 saturated carbocycles. The molecular weight excluding hydrogens is 280 g/mol. The molecule has 0 aromatic heterocycles. The summed E-state index contributed by atoms with van der Waals surface area (Å²) >= 11 is 5.00. The molecule has 0 heterocycles. The van der Waals surface area contributed by atoms with Gasteiger partial charge in [0.15, 0.2) is 0 Å². The molecule has 1 fully saturated rings. The van der Waals surface area contributed by atoms with Crippen molar-refractivity contribution in [1.82, 2.24) is 4.90 Å². The largest absolute Gasteiger partial charge is 0.392 e. The van der Waals surface area contributed by atoms with E-state index < -0.39 is 0 Å². The zero-order chi connectivity index (χ0) is 15.1. The van der Waals surface area contributed by atoms with E-state index in [0.717, 1.165) is 25.7 Å². The molecule has 0 aliphatic heterocycles. The normalized spacial score (nSPS) is 15.0. The maximum atomic E-state index is 12.5. The Labute approximate surface area is 132 Å². The first-order chi connectivity index (χ1) is 10.2. The van der Waals surface area contributed by atoms with E-state index in [1.807, 2.05) is 23.1 Å². The highest BCUT2D eigenvalue weighted by atomic mass is 32.1. The molecule has 2 rings (SSSR count). The summed E-state index contributed by atoms with van der Waals surface area (Å²) < 4.78 is 0. The van der Waals surface area contributed by atoms with E-state index in [1.54, 1.807) is 0 Å². The van der Waals surface area contributed by atoms with E-state index in [0.29, 0.717) is 24.0 Å². The number of nitrogens with two attached hydrogens (primary N) is 1. The van der Waals surface area contributed by atoms with E-state index in [1.165, 1.54) is 18.4 Å². The number of thiocarbonyl (C=S) groups is 1. The molecule has 4 heteroatoms. The van der Waals surface area contributed by atoms with Crippen molar-refractivity contribution in [3.8, 4) is 0 Å². The van der Waals surface area contributed by atoms with E-state index in [2.05, 4.69) is 12.1 Å². The maximum Gasteiger partial charge on any atom is 0.223 e. The SMILES string of the molecule is NC(=S)CN(C(=O)CCCc1ccccc1)C1CCCC1. The van der Waals surface area contributed by atoms with Crippen LogP contribution in [0.1, 0.15) is 44.1 Å². The number of benzene rings is 1. The van der Waals surface area contributed by atoms with E-state index >= 15 is 0 Å². The molecular formula is C17H24N2OS. The molecule has 2 N–H and O–H groups in total. The predicted molar refractivity (Wildman–Crippen MR) is 90.1 cm³/mol. The van der Waals surface area contributed by atoms with Crippen molar-refractivity contribution in [2.24, 2.45) is 5.73 Å². The van der Waals surface area contributed by atoms with Crippen LogP contribution < -0.4 is 5.73 Å². The number of nitrogens with zero attached hydrogens (tertiary/aromatic N) is 1. The lowest BCUT2D eigenvalue weighted by atomic mass is 10.1. The van der Waals surface area contributed by atoms with Gasteiger partial charge < -0.3 is 10.6 Å². The highest BCUT2D eigenvalue weighted by molar-refractivity contribution is 7.80. The van der Waals surface area contributed by atoms with E-state index in [-0.39, 0.29) is 5.91 Å². The third-order valence-electron chi connectivity index (χ3n) is 4.11. The van der Waals surface area contributed by atoms with Crippen LogP contribution >= 0.6 is 12.2 Å². The van der Waals surface area contributed by atoms with Crippen LogP contribution in [0.5, 0.6) is 0 Å². The van der Waals surface area contributed by atoms with Gasteiger partial charge in [0.05, 0.1) is 11.5 Å². The molecule has 1 amide bonds. The van der Waals surface area contributed by atoms with E-state index in [4.69, 9.17) is 18.0 Å². The quantitative estimate of drug-likeness (QED) is 0.788.